The molecule has 0 amide bonds. The highest BCUT2D eigenvalue weighted by atomic mass is 35.5. The molecule has 0 saturated carbocycles. The predicted octanol–water partition coefficient (Wildman–Crippen LogP) is 4.14. The highest BCUT2D eigenvalue weighted by molar-refractivity contribution is 7.86. The standard InChI is InChI=1S/C25H25Cl2N7O2S/c1-15-28-24-22(16-8-10-17(26)11-9-16)23(20-6-4-5-7-21(20)27)30-34(24)25(29-15)32-13-19-12-18(32)14-33(19)37(35,36)31(2)3/h4-11,18-19H,12-14H2,1-3H3/t18-,19-/m0/s1. The Kier molecular flexibility index (Phi) is 5.92. The normalized spacial score (nSPS) is 20.0. The van der Waals surface area contributed by atoms with Crippen LogP contribution in [0, 0.1) is 6.92 Å². The van der Waals surface area contributed by atoms with Crippen molar-refractivity contribution in [3.05, 3.63) is 64.4 Å². The van der Waals surface area contributed by atoms with Crippen molar-refractivity contribution in [1.82, 2.24) is 28.2 Å². The Balaban J connectivity index is 1.51. The van der Waals surface area contributed by atoms with Gasteiger partial charge in [-0.25, -0.2) is 4.98 Å². The van der Waals surface area contributed by atoms with Crippen LogP contribution in [0.15, 0.2) is 48.5 Å². The number of fused-ring (bicyclic) bond motifs is 3. The lowest BCUT2D eigenvalue weighted by molar-refractivity contribution is 0.339. The molecule has 2 bridgehead atoms. The number of piperazine rings is 1. The molecule has 0 aliphatic carbocycles. The van der Waals surface area contributed by atoms with Crippen molar-refractivity contribution < 1.29 is 8.42 Å². The smallest absolute Gasteiger partial charge is 0.281 e. The highest BCUT2D eigenvalue weighted by Crippen LogP contribution is 2.41. The van der Waals surface area contributed by atoms with Gasteiger partial charge in [0.15, 0.2) is 5.65 Å². The van der Waals surface area contributed by atoms with Gasteiger partial charge in [-0.3, -0.25) is 0 Å². The molecule has 2 fully saturated rings. The van der Waals surface area contributed by atoms with E-state index in [0.29, 0.717) is 46.2 Å². The zero-order chi connectivity index (χ0) is 26.1. The van der Waals surface area contributed by atoms with Crippen LogP contribution in [0.5, 0.6) is 0 Å². The summed E-state index contributed by atoms with van der Waals surface area (Å²) in [5.74, 6) is 1.24. The van der Waals surface area contributed by atoms with Crippen LogP contribution < -0.4 is 4.90 Å². The van der Waals surface area contributed by atoms with E-state index in [2.05, 4.69) is 4.90 Å². The van der Waals surface area contributed by atoms with E-state index in [1.54, 1.807) is 22.9 Å². The van der Waals surface area contributed by atoms with E-state index in [4.69, 9.17) is 38.3 Å². The van der Waals surface area contributed by atoms with Crippen LogP contribution in [-0.4, -0.2) is 75.9 Å². The third kappa shape index (κ3) is 3.98. The van der Waals surface area contributed by atoms with E-state index < -0.39 is 10.2 Å². The Morgan fingerprint density at radius 2 is 1.70 bits per heavy atom. The first kappa shape index (κ1) is 24.6. The van der Waals surface area contributed by atoms with Gasteiger partial charge in [-0.05, 0) is 37.1 Å². The number of halogens is 2. The number of benzene rings is 2. The fraction of sp³-hybridized carbons (Fsp3) is 0.320. The van der Waals surface area contributed by atoms with Crippen LogP contribution in [0.1, 0.15) is 12.2 Å². The SMILES string of the molecule is Cc1nc(N2C[C@@H]3C[C@H]2CN3S(=O)(=O)N(C)C)n2nc(-c3ccccc3Cl)c(-c3ccc(Cl)cc3)c2n1. The molecule has 37 heavy (non-hydrogen) atoms. The van der Waals surface area contributed by atoms with Gasteiger partial charge in [0.25, 0.3) is 10.2 Å². The van der Waals surface area contributed by atoms with Crippen LogP contribution in [0.25, 0.3) is 28.0 Å². The van der Waals surface area contributed by atoms with Crippen molar-refractivity contribution in [2.24, 2.45) is 0 Å². The lowest BCUT2D eigenvalue weighted by Crippen LogP contribution is -2.52. The number of aromatic nitrogens is 4. The fourth-order valence-electron chi connectivity index (χ4n) is 5.30. The summed E-state index contributed by atoms with van der Waals surface area (Å²) in [6.07, 6.45) is 0.736. The topological polar surface area (TPSA) is 86.9 Å². The quantitative estimate of drug-likeness (QED) is 0.366. The maximum absolute atomic E-state index is 12.8. The number of hydrogen-bond acceptors (Lipinski definition) is 6. The molecule has 12 heteroatoms. The first-order valence-electron chi connectivity index (χ1n) is 11.9. The van der Waals surface area contributed by atoms with E-state index in [1.807, 2.05) is 55.5 Å². The molecule has 4 aromatic rings. The third-order valence-electron chi connectivity index (χ3n) is 7.05. The second-order valence-corrected chi connectivity index (χ2v) is 12.5. The second-order valence-electron chi connectivity index (χ2n) is 9.57. The van der Waals surface area contributed by atoms with Crippen LogP contribution in [0.3, 0.4) is 0 Å². The van der Waals surface area contributed by atoms with E-state index in [0.717, 1.165) is 23.1 Å². The molecule has 2 saturated heterocycles. The van der Waals surface area contributed by atoms with E-state index in [1.165, 1.54) is 4.31 Å². The van der Waals surface area contributed by atoms with Gasteiger partial charge in [-0.2, -0.15) is 31.6 Å². The lowest BCUT2D eigenvalue weighted by atomic mass is 10.0. The van der Waals surface area contributed by atoms with Crippen molar-refractivity contribution in [2.75, 3.05) is 32.1 Å². The first-order chi connectivity index (χ1) is 17.6. The molecule has 0 spiro atoms. The number of rotatable bonds is 5. The van der Waals surface area contributed by atoms with Crippen LogP contribution in [-0.2, 0) is 10.2 Å². The molecule has 2 aromatic carbocycles. The Morgan fingerprint density at radius 3 is 2.35 bits per heavy atom. The number of anilines is 1. The maximum atomic E-state index is 12.8. The summed E-state index contributed by atoms with van der Waals surface area (Å²) in [4.78, 5) is 11.7. The molecule has 0 unspecified atom stereocenters. The second kappa shape index (κ2) is 8.92. The summed E-state index contributed by atoms with van der Waals surface area (Å²) in [6.45, 7) is 2.79. The minimum atomic E-state index is -3.49. The molecular formula is C25H25Cl2N7O2S. The summed E-state index contributed by atoms with van der Waals surface area (Å²) in [5.41, 5.74) is 3.87. The van der Waals surface area contributed by atoms with Gasteiger partial charge in [0.2, 0.25) is 5.95 Å². The van der Waals surface area contributed by atoms with Crippen LogP contribution in [0.2, 0.25) is 10.0 Å². The molecule has 0 N–H and O–H groups in total. The average molecular weight is 558 g/mol. The highest BCUT2D eigenvalue weighted by Gasteiger charge is 2.50. The summed E-state index contributed by atoms with van der Waals surface area (Å²) < 4.78 is 30.3. The largest absolute Gasteiger partial charge is 0.335 e. The van der Waals surface area contributed by atoms with Crippen molar-refractivity contribution in [3.8, 4) is 22.4 Å². The van der Waals surface area contributed by atoms with E-state index >= 15 is 0 Å². The molecule has 2 aliphatic heterocycles. The fourth-order valence-corrected chi connectivity index (χ4v) is 6.96. The number of hydrogen-bond donors (Lipinski definition) is 0. The summed E-state index contributed by atoms with van der Waals surface area (Å²) in [6, 6.07) is 15.0. The van der Waals surface area contributed by atoms with Gasteiger partial charge in [0.1, 0.15) is 11.5 Å². The summed E-state index contributed by atoms with van der Waals surface area (Å²) >= 11 is 12.8. The molecule has 2 atom stereocenters. The Labute approximate surface area is 225 Å². The van der Waals surface area contributed by atoms with Gasteiger partial charge in [0, 0.05) is 49.9 Å². The minimum Gasteiger partial charge on any atom is -0.335 e. The van der Waals surface area contributed by atoms with Gasteiger partial charge < -0.3 is 4.90 Å². The molecule has 2 aliphatic rings. The van der Waals surface area contributed by atoms with Crippen molar-refractivity contribution in [2.45, 2.75) is 25.4 Å². The summed E-state index contributed by atoms with van der Waals surface area (Å²) in [7, 11) is -0.359. The minimum absolute atomic E-state index is 0.0100. The Hall–Kier alpha value is -2.76. The van der Waals surface area contributed by atoms with Crippen molar-refractivity contribution in [3.63, 3.8) is 0 Å². The Bertz CT molecular complexity index is 1620. The van der Waals surface area contributed by atoms with E-state index in [9.17, 15) is 8.42 Å². The third-order valence-corrected chi connectivity index (χ3v) is 9.59. The van der Waals surface area contributed by atoms with Gasteiger partial charge >= 0.3 is 0 Å². The Morgan fingerprint density at radius 1 is 0.973 bits per heavy atom. The van der Waals surface area contributed by atoms with E-state index in [-0.39, 0.29) is 12.1 Å². The molecule has 4 heterocycles. The molecule has 6 rings (SSSR count). The summed E-state index contributed by atoms with van der Waals surface area (Å²) in [5, 5.41) is 6.22. The molecule has 9 nitrogen and oxygen atoms in total. The van der Waals surface area contributed by atoms with Crippen molar-refractivity contribution >= 4 is 45.0 Å². The van der Waals surface area contributed by atoms with Gasteiger partial charge in [-0.15, -0.1) is 0 Å². The zero-order valence-electron chi connectivity index (χ0n) is 20.5. The molecular weight excluding hydrogens is 533 g/mol. The maximum Gasteiger partial charge on any atom is 0.281 e. The predicted molar refractivity (Wildman–Crippen MR) is 145 cm³/mol. The molecule has 0 radical (unpaired) electrons. The molecule has 2 aromatic heterocycles. The van der Waals surface area contributed by atoms with Crippen molar-refractivity contribution in [1.29, 1.82) is 0 Å². The number of nitrogens with zero attached hydrogens (tertiary/aromatic N) is 7. The monoisotopic (exact) mass is 557 g/mol. The molecule has 192 valence electrons. The first-order valence-corrected chi connectivity index (χ1v) is 14.0. The lowest BCUT2D eigenvalue weighted by Gasteiger charge is -2.35. The number of aryl methyl sites for hydroxylation is 1. The van der Waals surface area contributed by atoms with Gasteiger partial charge in [-0.1, -0.05) is 53.5 Å². The van der Waals surface area contributed by atoms with Crippen LogP contribution >= 0.6 is 23.2 Å². The van der Waals surface area contributed by atoms with Gasteiger partial charge in [0.05, 0.1) is 10.6 Å². The van der Waals surface area contributed by atoms with Crippen LogP contribution in [0.4, 0.5) is 5.95 Å². The average Bonchev–Trinajstić information content (AvgIpc) is 3.57. The zero-order valence-corrected chi connectivity index (χ0v) is 22.8.